The van der Waals surface area contributed by atoms with Crippen molar-refractivity contribution in [2.45, 2.75) is 38.2 Å². The van der Waals surface area contributed by atoms with E-state index < -0.39 is 5.92 Å². The minimum atomic E-state index is -2.59. The van der Waals surface area contributed by atoms with Gasteiger partial charge in [0, 0.05) is 25.4 Å². The van der Waals surface area contributed by atoms with Crippen molar-refractivity contribution in [3.05, 3.63) is 0 Å². The van der Waals surface area contributed by atoms with E-state index in [1.54, 1.807) is 6.92 Å². The van der Waals surface area contributed by atoms with Crippen LogP contribution >= 0.6 is 0 Å². The summed E-state index contributed by atoms with van der Waals surface area (Å²) in [5, 5.41) is 5.01. The Morgan fingerprint density at radius 1 is 1.62 bits per heavy atom. The molecule has 1 saturated carbocycles. The van der Waals surface area contributed by atoms with Gasteiger partial charge in [-0.25, -0.2) is 13.6 Å². The van der Waals surface area contributed by atoms with Crippen molar-refractivity contribution in [2.24, 2.45) is 0 Å². The van der Waals surface area contributed by atoms with Crippen molar-refractivity contribution >= 4 is 6.03 Å². The maximum atomic E-state index is 12.7. The molecule has 3 nitrogen and oxygen atoms in total. The minimum Gasteiger partial charge on any atom is -0.338 e. The molecular weight excluding hydrogens is 178 g/mol. The topological polar surface area (TPSA) is 41.1 Å². The lowest BCUT2D eigenvalue weighted by Gasteiger charge is -2.12. The van der Waals surface area contributed by atoms with E-state index in [4.69, 9.17) is 0 Å². The van der Waals surface area contributed by atoms with Crippen LogP contribution in [0, 0.1) is 0 Å². The summed E-state index contributed by atoms with van der Waals surface area (Å²) in [6, 6.07) is -0.730. The van der Waals surface area contributed by atoms with Gasteiger partial charge in [-0.15, -0.1) is 0 Å². The Balaban J connectivity index is 2.28. The van der Waals surface area contributed by atoms with Gasteiger partial charge in [-0.2, -0.15) is 0 Å². The predicted molar refractivity (Wildman–Crippen MR) is 44.8 cm³/mol. The molecule has 1 atom stereocenters. The molecule has 0 radical (unpaired) electrons. The number of alkyl halides is 2. The third-order valence-corrected chi connectivity index (χ3v) is 2.08. The molecule has 1 unspecified atom stereocenters. The molecule has 1 aliphatic carbocycles. The lowest BCUT2D eigenvalue weighted by Crippen LogP contribution is -2.41. The van der Waals surface area contributed by atoms with E-state index in [2.05, 4.69) is 10.6 Å². The Morgan fingerprint density at radius 2 is 2.31 bits per heavy atom. The van der Waals surface area contributed by atoms with Crippen LogP contribution in [0.4, 0.5) is 13.6 Å². The standard InChI is InChI=1S/C8H14F2N2O/c1-2-11-7(13)12-6-3-4-8(9,10)5-6/h6H,2-5H2,1H3,(H2,11,12,13). The zero-order valence-electron chi connectivity index (χ0n) is 7.57. The molecule has 5 heteroatoms. The summed E-state index contributed by atoms with van der Waals surface area (Å²) in [4.78, 5) is 10.9. The SMILES string of the molecule is CCNC(=O)NC1CCC(F)(F)C1. The van der Waals surface area contributed by atoms with Crippen LogP contribution in [0.15, 0.2) is 0 Å². The first kappa shape index (κ1) is 10.2. The average Bonchev–Trinajstić information content (AvgIpc) is 2.30. The molecule has 0 aromatic carbocycles. The van der Waals surface area contributed by atoms with Crippen LogP contribution in [0.1, 0.15) is 26.2 Å². The van der Waals surface area contributed by atoms with E-state index in [-0.39, 0.29) is 24.9 Å². The maximum absolute atomic E-state index is 12.7. The van der Waals surface area contributed by atoms with Crippen LogP contribution in [0.5, 0.6) is 0 Å². The molecule has 1 fully saturated rings. The molecule has 2 amide bonds. The van der Waals surface area contributed by atoms with Crippen molar-refractivity contribution in [3.63, 3.8) is 0 Å². The summed E-state index contributed by atoms with van der Waals surface area (Å²) in [7, 11) is 0. The largest absolute Gasteiger partial charge is 0.338 e. The second-order valence-electron chi connectivity index (χ2n) is 3.30. The molecular formula is C8H14F2N2O. The number of carbonyl (C=O) groups is 1. The van der Waals surface area contributed by atoms with Crippen LogP contribution < -0.4 is 10.6 Å². The number of carbonyl (C=O) groups excluding carboxylic acids is 1. The Morgan fingerprint density at radius 3 is 2.77 bits per heavy atom. The molecule has 1 aliphatic rings. The summed E-state index contributed by atoms with van der Waals surface area (Å²) < 4.78 is 25.3. The molecule has 0 aliphatic heterocycles. The van der Waals surface area contributed by atoms with Crippen LogP contribution in [-0.4, -0.2) is 24.5 Å². The van der Waals surface area contributed by atoms with E-state index in [0.717, 1.165) is 0 Å². The maximum Gasteiger partial charge on any atom is 0.314 e. The molecule has 0 aromatic rings. The van der Waals surface area contributed by atoms with Gasteiger partial charge in [0.25, 0.3) is 0 Å². The Bertz CT molecular complexity index is 197. The minimum absolute atomic E-state index is 0.121. The van der Waals surface area contributed by atoms with E-state index in [0.29, 0.717) is 13.0 Å². The smallest absolute Gasteiger partial charge is 0.314 e. The Labute approximate surface area is 75.9 Å². The number of hydrogen-bond acceptors (Lipinski definition) is 1. The third kappa shape index (κ3) is 3.16. The number of hydrogen-bond donors (Lipinski definition) is 2. The summed E-state index contributed by atoms with van der Waals surface area (Å²) in [5.41, 5.74) is 0. The molecule has 13 heavy (non-hydrogen) atoms. The normalized spacial score (nSPS) is 25.6. The highest BCUT2D eigenvalue weighted by Crippen LogP contribution is 2.34. The monoisotopic (exact) mass is 192 g/mol. The van der Waals surface area contributed by atoms with Crippen molar-refractivity contribution in [3.8, 4) is 0 Å². The van der Waals surface area contributed by atoms with Crippen LogP contribution in [0.3, 0.4) is 0 Å². The predicted octanol–water partition coefficient (Wildman–Crippen LogP) is 1.49. The summed E-state index contributed by atoms with van der Waals surface area (Å²) in [6.07, 6.45) is 0.0122. The quantitative estimate of drug-likeness (QED) is 0.683. The molecule has 0 saturated heterocycles. The first-order valence-corrected chi connectivity index (χ1v) is 4.46. The van der Waals surface area contributed by atoms with Gasteiger partial charge in [-0.1, -0.05) is 0 Å². The number of rotatable bonds is 2. The zero-order valence-corrected chi connectivity index (χ0v) is 7.57. The van der Waals surface area contributed by atoms with Crippen molar-refractivity contribution < 1.29 is 13.6 Å². The molecule has 0 bridgehead atoms. The van der Waals surface area contributed by atoms with E-state index >= 15 is 0 Å². The zero-order chi connectivity index (χ0) is 9.90. The van der Waals surface area contributed by atoms with E-state index in [1.165, 1.54) is 0 Å². The van der Waals surface area contributed by atoms with Gasteiger partial charge < -0.3 is 10.6 Å². The van der Waals surface area contributed by atoms with E-state index in [1.807, 2.05) is 0 Å². The van der Waals surface area contributed by atoms with Gasteiger partial charge in [-0.3, -0.25) is 0 Å². The van der Waals surface area contributed by atoms with Gasteiger partial charge in [0.1, 0.15) is 0 Å². The first-order valence-electron chi connectivity index (χ1n) is 4.46. The fourth-order valence-corrected chi connectivity index (χ4v) is 1.47. The summed E-state index contributed by atoms with van der Waals surface area (Å²) >= 11 is 0. The number of urea groups is 1. The summed E-state index contributed by atoms with van der Waals surface area (Å²) in [6.45, 7) is 2.29. The summed E-state index contributed by atoms with van der Waals surface area (Å²) in [5.74, 6) is -2.59. The lowest BCUT2D eigenvalue weighted by molar-refractivity contribution is 0.00732. The van der Waals surface area contributed by atoms with E-state index in [9.17, 15) is 13.6 Å². The fraction of sp³-hybridized carbons (Fsp3) is 0.875. The van der Waals surface area contributed by atoms with Crippen molar-refractivity contribution in [1.29, 1.82) is 0 Å². The van der Waals surface area contributed by atoms with Crippen LogP contribution in [-0.2, 0) is 0 Å². The molecule has 0 spiro atoms. The lowest BCUT2D eigenvalue weighted by atomic mass is 10.2. The van der Waals surface area contributed by atoms with Gasteiger partial charge in [0.15, 0.2) is 0 Å². The second-order valence-corrected chi connectivity index (χ2v) is 3.30. The fourth-order valence-electron chi connectivity index (χ4n) is 1.47. The van der Waals surface area contributed by atoms with Crippen molar-refractivity contribution in [1.82, 2.24) is 10.6 Å². The number of halogens is 2. The Kier molecular flexibility index (Phi) is 3.06. The average molecular weight is 192 g/mol. The van der Waals surface area contributed by atoms with Crippen LogP contribution in [0.25, 0.3) is 0 Å². The van der Waals surface area contributed by atoms with Gasteiger partial charge in [-0.05, 0) is 13.3 Å². The molecule has 2 N–H and O–H groups in total. The number of nitrogens with one attached hydrogen (secondary N) is 2. The highest BCUT2D eigenvalue weighted by atomic mass is 19.3. The first-order chi connectivity index (χ1) is 6.03. The Hall–Kier alpha value is -0.870. The molecule has 1 rings (SSSR count). The van der Waals surface area contributed by atoms with Gasteiger partial charge >= 0.3 is 6.03 Å². The van der Waals surface area contributed by atoms with Gasteiger partial charge in [0.2, 0.25) is 5.92 Å². The third-order valence-electron chi connectivity index (χ3n) is 2.08. The second kappa shape index (κ2) is 3.89. The molecule has 0 heterocycles. The van der Waals surface area contributed by atoms with Crippen LogP contribution in [0.2, 0.25) is 0 Å². The van der Waals surface area contributed by atoms with Crippen molar-refractivity contribution in [2.75, 3.05) is 6.54 Å². The molecule has 0 aromatic heterocycles. The number of amides is 2. The van der Waals surface area contributed by atoms with Gasteiger partial charge in [0.05, 0.1) is 0 Å². The highest BCUT2D eigenvalue weighted by Gasteiger charge is 2.39. The molecule has 76 valence electrons. The highest BCUT2D eigenvalue weighted by molar-refractivity contribution is 5.74.